The maximum absolute atomic E-state index is 12.1. The Kier molecular flexibility index (Phi) is 4.06. The molecule has 0 radical (unpaired) electrons. The first-order valence-electron chi connectivity index (χ1n) is 5.68. The van der Waals surface area contributed by atoms with Crippen LogP contribution in [0.1, 0.15) is 15.9 Å². The van der Waals surface area contributed by atoms with Crippen LogP contribution in [0.25, 0.3) is 0 Å². The third kappa shape index (κ3) is 2.66. The first-order valence-corrected chi connectivity index (χ1v) is 6.44. The number of carbonyl (C=O) groups excluding carboxylic acids is 1. The van der Waals surface area contributed by atoms with Crippen LogP contribution in [0.15, 0.2) is 30.3 Å². The van der Waals surface area contributed by atoms with E-state index in [-0.39, 0.29) is 22.0 Å². The number of hydrogen-bond donors (Lipinski definition) is 3. The van der Waals surface area contributed by atoms with Gasteiger partial charge in [0.1, 0.15) is 0 Å². The summed E-state index contributed by atoms with van der Waals surface area (Å²) in [5.74, 6) is -1.49. The van der Waals surface area contributed by atoms with Crippen LogP contribution in [-0.4, -0.2) is 16.1 Å². The highest BCUT2D eigenvalue weighted by Gasteiger charge is 2.17. The molecule has 0 aliphatic rings. The van der Waals surface area contributed by atoms with Gasteiger partial charge in [0, 0.05) is 0 Å². The Balaban J connectivity index is 2.38. The van der Waals surface area contributed by atoms with Crippen molar-refractivity contribution in [3.8, 4) is 11.5 Å². The van der Waals surface area contributed by atoms with E-state index in [2.05, 4.69) is 5.32 Å². The van der Waals surface area contributed by atoms with E-state index >= 15 is 0 Å². The predicted octanol–water partition coefficient (Wildman–Crippen LogP) is 3.97. The van der Waals surface area contributed by atoms with Gasteiger partial charge in [-0.1, -0.05) is 35.3 Å². The second-order valence-corrected chi connectivity index (χ2v) is 4.97. The smallest absolute Gasteiger partial charge is 0.259 e. The molecule has 1 amide bonds. The number of phenolic OH excluding ortho intramolecular Hbond substituents is 2. The summed E-state index contributed by atoms with van der Waals surface area (Å²) < 4.78 is 0. The molecule has 0 aliphatic carbocycles. The minimum absolute atomic E-state index is 0.0707. The summed E-state index contributed by atoms with van der Waals surface area (Å²) in [6, 6.07) is 7.44. The van der Waals surface area contributed by atoms with Crippen molar-refractivity contribution in [3.05, 3.63) is 51.5 Å². The van der Waals surface area contributed by atoms with Gasteiger partial charge in [0.25, 0.3) is 5.91 Å². The molecule has 2 rings (SSSR count). The van der Waals surface area contributed by atoms with Gasteiger partial charge in [-0.05, 0) is 30.7 Å². The lowest BCUT2D eigenvalue weighted by molar-refractivity contribution is 0.102. The number of halogens is 2. The average Bonchev–Trinajstić information content (AvgIpc) is 2.42. The molecule has 3 N–H and O–H groups in total. The lowest BCUT2D eigenvalue weighted by atomic mass is 10.1. The van der Waals surface area contributed by atoms with Crippen LogP contribution >= 0.6 is 23.2 Å². The number of aromatic hydroxyl groups is 2. The number of aryl methyl sites for hydroxylation is 1. The van der Waals surface area contributed by atoms with Crippen LogP contribution in [0.2, 0.25) is 10.0 Å². The van der Waals surface area contributed by atoms with Gasteiger partial charge in [-0.25, -0.2) is 0 Å². The van der Waals surface area contributed by atoms with Crippen LogP contribution in [-0.2, 0) is 0 Å². The molecule has 0 saturated heterocycles. The molecule has 0 heterocycles. The van der Waals surface area contributed by atoms with Gasteiger partial charge >= 0.3 is 0 Å². The summed E-state index contributed by atoms with van der Waals surface area (Å²) in [5, 5.41) is 22.2. The Hall–Kier alpha value is -1.91. The molecule has 0 fully saturated rings. The predicted molar refractivity (Wildman–Crippen MR) is 78.9 cm³/mol. The van der Waals surface area contributed by atoms with Crippen molar-refractivity contribution in [2.24, 2.45) is 0 Å². The molecule has 0 unspecified atom stereocenters. The normalized spacial score (nSPS) is 10.3. The number of rotatable bonds is 2. The van der Waals surface area contributed by atoms with Crippen molar-refractivity contribution in [1.29, 1.82) is 0 Å². The third-order valence-electron chi connectivity index (χ3n) is 2.78. The molecule has 2 aromatic carbocycles. The molecule has 104 valence electrons. The first-order chi connectivity index (χ1) is 9.41. The highest BCUT2D eigenvalue weighted by molar-refractivity contribution is 6.40. The van der Waals surface area contributed by atoms with E-state index in [4.69, 9.17) is 23.2 Å². The van der Waals surface area contributed by atoms with Crippen molar-refractivity contribution in [2.75, 3.05) is 5.32 Å². The maximum atomic E-state index is 12.1. The summed E-state index contributed by atoms with van der Waals surface area (Å²) in [4.78, 5) is 12.1. The quantitative estimate of drug-likeness (QED) is 0.735. The van der Waals surface area contributed by atoms with Crippen molar-refractivity contribution >= 4 is 34.8 Å². The van der Waals surface area contributed by atoms with Crippen LogP contribution in [0, 0.1) is 6.92 Å². The van der Waals surface area contributed by atoms with Gasteiger partial charge in [0.2, 0.25) is 0 Å². The van der Waals surface area contributed by atoms with Gasteiger partial charge in [0.05, 0.1) is 21.3 Å². The molecule has 0 aliphatic heterocycles. The monoisotopic (exact) mass is 311 g/mol. The Bertz CT molecular complexity index is 686. The van der Waals surface area contributed by atoms with Crippen molar-refractivity contribution in [3.63, 3.8) is 0 Å². The molecule has 20 heavy (non-hydrogen) atoms. The Morgan fingerprint density at radius 1 is 1.15 bits per heavy atom. The zero-order chi connectivity index (χ0) is 14.9. The number of para-hydroxylation sites is 1. The van der Waals surface area contributed by atoms with Gasteiger partial charge in [-0.3, -0.25) is 4.79 Å². The SMILES string of the molecule is Cc1ccc(Cl)c(NC(=O)c2cccc(O)c2O)c1Cl. The van der Waals surface area contributed by atoms with E-state index in [0.29, 0.717) is 5.02 Å². The zero-order valence-corrected chi connectivity index (χ0v) is 12.0. The van der Waals surface area contributed by atoms with Crippen LogP contribution < -0.4 is 5.32 Å². The molecule has 0 aromatic heterocycles. The molecule has 0 spiro atoms. The number of amides is 1. The van der Waals surface area contributed by atoms with E-state index in [1.165, 1.54) is 18.2 Å². The number of nitrogens with one attached hydrogen (secondary N) is 1. The van der Waals surface area contributed by atoms with E-state index in [1.54, 1.807) is 19.1 Å². The Morgan fingerprint density at radius 3 is 2.55 bits per heavy atom. The molecule has 2 aromatic rings. The molecule has 6 heteroatoms. The number of phenols is 2. The Labute approximate surface area is 125 Å². The van der Waals surface area contributed by atoms with E-state index < -0.39 is 11.7 Å². The summed E-state index contributed by atoms with van der Waals surface area (Å²) in [5.41, 5.74) is 0.950. The second-order valence-electron chi connectivity index (χ2n) is 4.18. The molecular weight excluding hydrogens is 301 g/mol. The molecule has 0 saturated carbocycles. The summed E-state index contributed by atoms with van der Waals surface area (Å²) in [7, 11) is 0. The third-order valence-corrected chi connectivity index (χ3v) is 3.58. The molecule has 4 nitrogen and oxygen atoms in total. The summed E-state index contributed by atoms with van der Waals surface area (Å²) in [6.45, 7) is 1.78. The van der Waals surface area contributed by atoms with Crippen molar-refractivity contribution in [2.45, 2.75) is 6.92 Å². The number of carbonyl (C=O) groups is 1. The average molecular weight is 312 g/mol. The van der Waals surface area contributed by atoms with Crippen LogP contribution in [0.4, 0.5) is 5.69 Å². The van der Waals surface area contributed by atoms with Gasteiger partial charge in [0.15, 0.2) is 11.5 Å². The van der Waals surface area contributed by atoms with E-state index in [9.17, 15) is 15.0 Å². The molecule has 0 bridgehead atoms. The van der Waals surface area contributed by atoms with Crippen molar-refractivity contribution < 1.29 is 15.0 Å². The number of hydrogen-bond acceptors (Lipinski definition) is 3. The highest BCUT2D eigenvalue weighted by Crippen LogP contribution is 2.34. The standard InChI is InChI=1S/C14H11Cl2NO3/c1-7-5-6-9(15)12(11(7)16)17-14(20)8-3-2-4-10(18)13(8)19/h2-6,18-19H,1H3,(H,17,20). The minimum Gasteiger partial charge on any atom is -0.504 e. The lowest BCUT2D eigenvalue weighted by Gasteiger charge is -2.12. The minimum atomic E-state index is -0.618. The van der Waals surface area contributed by atoms with Crippen LogP contribution in [0.5, 0.6) is 11.5 Å². The zero-order valence-electron chi connectivity index (χ0n) is 10.4. The fraction of sp³-hybridized carbons (Fsp3) is 0.0714. The maximum Gasteiger partial charge on any atom is 0.259 e. The van der Waals surface area contributed by atoms with Gasteiger partial charge in [-0.15, -0.1) is 0 Å². The number of anilines is 1. The van der Waals surface area contributed by atoms with Gasteiger partial charge in [-0.2, -0.15) is 0 Å². The Morgan fingerprint density at radius 2 is 1.85 bits per heavy atom. The topological polar surface area (TPSA) is 69.6 Å². The van der Waals surface area contributed by atoms with E-state index in [1.807, 2.05) is 0 Å². The molecule has 0 atom stereocenters. The summed E-state index contributed by atoms with van der Waals surface area (Å²) >= 11 is 12.1. The van der Waals surface area contributed by atoms with Crippen LogP contribution in [0.3, 0.4) is 0 Å². The van der Waals surface area contributed by atoms with E-state index in [0.717, 1.165) is 5.56 Å². The lowest BCUT2D eigenvalue weighted by Crippen LogP contribution is -2.13. The number of benzene rings is 2. The van der Waals surface area contributed by atoms with Crippen molar-refractivity contribution in [1.82, 2.24) is 0 Å². The largest absolute Gasteiger partial charge is 0.504 e. The first kappa shape index (κ1) is 14.5. The highest BCUT2D eigenvalue weighted by atomic mass is 35.5. The van der Waals surface area contributed by atoms with Gasteiger partial charge < -0.3 is 15.5 Å². The molecular formula is C14H11Cl2NO3. The second kappa shape index (κ2) is 5.61. The fourth-order valence-corrected chi connectivity index (χ4v) is 2.13. The summed E-state index contributed by atoms with van der Waals surface area (Å²) in [6.07, 6.45) is 0. The fourth-order valence-electron chi connectivity index (χ4n) is 1.67.